The lowest BCUT2D eigenvalue weighted by molar-refractivity contribution is -0.138. The number of hydrogen-bond acceptors (Lipinski definition) is 4. The van der Waals surface area contributed by atoms with E-state index in [4.69, 9.17) is 0 Å². The first-order valence-corrected chi connectivity index (χ1v) is 9.92. The van der Waals surface area contributed by atoms with E-state index in [2.05, 4.69) is 26.0 Å². The van der Waals surface area contributed by atoms with Gasteiger partial charge in [-0.15, -0.1) is 35.3 Å². The SMILES string of the molecule is CN=C(NCCCc1nc(C)cs1)NCC1(C(=O)N(C)C)CCCC1.I. The second-order valence-electron chi connectivity index (χ2n) is 7.03. The summed E-state index contributed by atoms with van der Waals surface area (Å²) in [5.74, 6) is 1.00. The molecule has 6 nitrogen and oxygen atoms in total. The average molecular weight is 493 g/mol. The molecule has 1 heterocycles. The summed E-state index contributed by atoms with van der Waals surface area (Å²) in [6, 6.07) is 0. The number of carbonyl (C=O) groups excluding carboxylic acids is 1. The van der Waals surface area contributed by atoms with Crippen molar-refractivity contribution in [1.82, 2.24) is 20.5 Å². The van der Waals surface area contributed by atoms with Crippen molar-refractivity contribution in [2.24, 2.45) is 10.4 Å². The molecule has 0 unspecified atom stereocenters. The van der Waals surface area contributed by atoms with Crippen molar-refractivity contribution in [2.45, 2.75) is 45.4 Å². The Hall–Kier alpha value is -0.900. The molecule has 1 aromatic heterocycles. The van der Waals surface area contributed by atoms with Crippen LogP contribution in [0.5, 0.6) is 0 Å². The Morgan fingerprint density at radius 3 is 2.58 bits per heavy atom. The van der Waals surface area contributed by atoms with Crippen LogP contribution in [-0.2, 0) is 11.2 Å². The number of aliphatic imine (C=N–C) groups is 1. The van der Waals surface area contributed by atoms with Crippen LogP contribution in [0.2, 0.25) is 0 Å². The van der Waals surface area contributed by atoms with Crippen LogP contribution in [0.1, 0.15) is 42.8 Å². The minimum absolute atomic E-state index is 0. The number of halogens is 1. The molecule has 0 radical (unpaired) electrons. The standard InChI is InChI=1S/C18H31N5OS.HI/c1-14-12-25-15(22-14)8-7-11-20-17(19-2)21-13-18(9-5-6-10-18)16(24)23(3)4;/h12H,5-11,13H2,1-4H3,(H2,19,20,21);1H. The quantitative estimate of drug-likeness (QED) is 0.265. The Kier molecular flexibility index (Phi) is 9.84. The van der Waals surface area contributed by atoms with Gasteiger partial charge in [-0.05, 0) is 26.2 Å². The molecule has 1 aromatic rings. The number of guanidine groups is 1. The number of amides is 1. The van der Waals surface area contributed by atoms with Crippen molar-refractivity contribution < 1.29 is 4.79 Å². The van der Waals surface area contributed by atoms with Crippen molar-refractivity contribution in [3.8, 4) is 0 Å². The van der Waals surface area contributed by atoms with Crippen LogP contribution in [0.4, 0.5) is 0 Å². The summed E-state index contributed by atoms with van der Waals surface area (Å²) in [5, 5.41) is 9.99. The number of rotatable bonds is 7. The second-order valence-corrected chi connectivity index (χ2v) is 7.97. The monoisotopic (exact) mass is 493 g/mol. The van der Waals surface area contributed by atoms with Crippen molar-refractivity contribution in [3.63, 3.8) is 0 Å². The summed E-state index contributed by atoms with van der Waals surface area (Å²) in [7, 11) is 5.46. The third-order valence-electron chi connectivity index (χ3n) is 4.76. The van der Waals surface area contributed by atoms with Gasteiger partial charge >= 0.3 is 0 Å². The summed E-state index contributed by atoms with van der Waals surface area (Å²) < 4.78 is 0. The topological polar surface area (TPSA) is 69.6 Å². The molecule has 148 valence electrons. The van der Waals surface area contributed by atoms with E-state index in [0.717, 1.165) is 56.7 Å². The highest BCUT2D eigenvalue weighted by Crippen LogP contribution is 2.38. The molecule has 0 spiro atoms. The molecule has 2 rings (SSSR count). The van der Waals surface area contributed by atoms with Gasteiger partial charge in [0.05, 0.1) is 10.4 Å². The van der Waals surface area contributed by atoms with Gasteiger partial charge in [-0.3, -0.25) is 9.79 Å². The molecule has 2 N–H and O–H groups in total. The number of nitrogens with zero attached hydrogens (tertiary/aromatic N) is 3. The van der Waals surface area contributed by atoms with Crippen LogP contribution in [0.15, 0.2) is 10.4 Å². The highest BCUT2D eigenvalue weighted by Gasteiger charge is 2.42. The van der Waals surface area contributed by atoms with E-state index in [0.29, 0.717) is 6.54 Å². The maximum Gasteiger partial charge on any atom is 0.230 e. The van der Waals surface area contributed by atoms with Gasteiger partial charge in [0.1, 0.15) is 0 Å². The molecule has 0 bridgehead atoms. The van der Waals surface area contributed by atoms with Crippen molar-refractivity contribution in [2.75, 3.05) is 34.2 Å². The van der Waals surface area contributed by atoms with E-state index in [-0.39, 0.29) is 35.3 Å². The Bertz CT molecular complexity index is 596. The average Bonchev–Trinajstić information content (AvgIpc) is 3.23. The van der Waals surface area contributed by atoms with Crippen LogP contribution >= 0.6 is 35.3 Å². The molecule has 8 heteroatoms. The summed E-state index contributed by atoms with van der Waals surface area (Å²) in [6.45, 7) is 3.51. The fourth-order valence-electron chi connectivity index (χ4n) is 3.43. The molecule has 0 aromatic carbocycles. The van der Waals surface area contributed by atoms with Crippen LogP contribution in [-0.4, -0.2) is 56.0 Å². The van der Waals surface area contributed by atoms with Gasteiger partial charge in [-0.2, -0.15) is 0 Å². The predicted molar refractivity (Wildman–Crippen MR) is 120 cm³/mol. The smallest absolute Gasteiger partial charge is 0.230 e. The first kappa shape index (κ1) is 23.1. The number of aryl methyl sites for hydroxylation is 2. The lowest BCUT2D eigenvalue weighted by Crippen LogP contribution is -2.49. The zero-order valence-electron chi connectivity index (χ0n) is 16.3. The highest BCUT2D eigenvalue weighted by atomic mass is 127. The summed E-state index contributed by atoms with van der Waals surface area (Å²) in [6.07, 6.45) is 6.15. The zero-order valence-corrected chi connectivity index (χ0v) is 19.4. The molecule has 26 heavy (non-hydrogen) atoms. The van der Waals surface area contributed by atoms with Crippen molar-refractivity contribution >= 4 is 47.2 Å². The first-order valence-electron chi connectivity index (χ1n) is 9.04. The molecule has 0 aliphatic heterocycles. The van der Waals surface area contributed by atoms with Gasteiger partial charge in [0.25, 0.3) is 0 Å². The maximum atomic E-state index is 12.6. The number of carbonyl (C=O) groups is 1. The van der Waals surface area contributed by atoms with Crippen molar-refractivity contribution in [1.29, 1.82) is 0 Å². The lowest BCUT2D eigenvalue weighted by atomic mass is 9.84. The predicted octanol–water partition coefficient (Wildman–Crippen LogP) is 2.82. The minimum atomic E-state index is -0.278. The lowest BCUT2D eigenvalue weighted by Gasteiger charge is -2.31. The van der Waals surface area contributed by atoms with Gasteiger partial charge in [-0.25, -0.2) is 4.98 Å². The van der Waals surface area contributed by atoms with Crippen LogP contribution in [0, 0.1) is 12.3 Å². The van der Waals surface area contributed by atoms with Gasteiger partial charge < -0.3 is 15.5 Å². The highest BCUT2D eigenvalue weighted by molar-refractivity contribution is 14.0. The number of thiazole rings is 1. The summed E-state index contributed by atoms with van der Waals surface area (Å²) in [4.78, 5) is 23.1. The Labute approximate surface area is 178 Å². The molecular weight excluding hydrogens is 461 g/mol. The minimum Gasteiger partial charge on any atom is -0.356 e. The van der Waals surface area contributed by atoms with E-state index < -0.39 is 0 Å². The molecular formula is C18H32IN5OS. The van der Waals surface area contributed by atoms with E-state index in [1.165, 1.54) is 5.01 Å². The molecule has 1 aliphatic carbocycles. The third kappa shape index (κ3) is 6.37. The summed E-state index contributed by atoms with van der Waals surface area (Å²) >= 11 is 1.72. The van der Waals surface area contributed by atoms with Crippen LogP contribution in [0.3, 0.4) is 0 Å². The van der Waals surface area contributed by atoms with Gasteiger partial charge in [-0.1, -0.05) is 12.8 Å². The molecule has 1 amide bonds. The zero-order chi connectivity index (χ0) is 18.3. The maximum absolute atomic E-state index is 12.6. The molecule has 1 fully saturated rings. The fraction of sp³-hybridized carbons (Fsp3) is 0.722. The van der Waals surface area contributed by atoms with Crippen molar-refractivity contribution in [3.05, 3.63) is 16.1 Å². The Morgan fingerprint density at radius 1 is 1.35 bits per heavy atom. The second kappa shape index (κ2) is 11.1. The largest absolute Gasteiger partial charge is 0.356 e. The molecule has 1 aliphatic rings. The summed E-state index contributed by atoms with van der Waals surface area (Å²) in [5.41, 5.74) is 0.817. The fourth-order valence-corrected chi connectivity index (χ4v) is 4.25. The number of nitrogens with one attached hydrogen (secondary N) is 2. The Balaban J connectivity index is 0.00000338. The van der Waals surface area contributed by atoms with Crippen LogP contribution < -0.4 is 10.6 Å². The molecule has 0 atom stereocenters. The van der Waals surface area contributed by atoms with Gasteiger partial charge in [0, 0.05) is 51.7 Å². The normalized spacial score (nSPS) is 16.1. The van der Waals surface area contributed by atoms with E-state index in [1.807, 2.05) is 21.0 Å². The first-order chi connectivity index (χ1) is 12.0. The van der Waals surface area contributed by atoms with Gasteiger partial charge in [0.15, 0.2) is 5.96 Å². The van der Waals surface area contributed by atoms with E-state index >= 15 is 0 Å². The molecule has 0 saturated heterocycles. The van der Waals surface area contributed by atoms with Crippen LogP contribution in [0.25, 0.3) is 0 Å². The number of hydrogen-bond donors (Lipinski definition) is 2. The van der Waals surface area contributed by atoms with E-state index in [1.54, 1.807) is 23.3 Å². The van der Waals surface area contributed by atoms with E-state index in [9.17, 15) is 4.79 Å². The molecule has 1 saturated carbocycles. The third-order valence-corrected chi connectivity index (χ3v) is 5.79. The number of aromatic nitrogens is 1. The van der Waals surface area contributed by atoms with Gasteiger partial charge in [0.2, 0.25) is 5.91 Å². The Morgan fingerprint density at radius 2 is 2.04 bits per heavy atom.